The minimum absolute atomic E-state index is 0.307. The average Bonchev–Trinajstić information content (AvgIpc) is 2.13. The lowest BCUT2D eigenvalue weighted by Gasteiger charge is -2.00. The molecule has 72 valence electrons. The molecule has 1 aromatic rings. The van der Waals surface area contributed by atoms with Gasteiger partial charge >= 0.3 is 0 Å². The maximum absolute atomic E-state index is 8.59. The van der Waals surface area contributed by atoms with Crippen LogP contribution in [0.25, 0.3) is 0 Å². The van der Waals surface area contributed by atoms with E-state index in [1.54, 1.807) is 0 Å². The Morgan fingerprint density at radius 1 is 1.23 bits per heavy atom. The van der Waals surface area contributed by atoms with Gasteiger partial charge in [0.15, 0.2) is 0 Å². The first-order chi connectivity index (χ1) is 6.33. The summed E-state index contributed by atoms with van der Waals surface area (Å²) in [5, 5.41) is 8.59. The van der Waals surface area contributed by atoms with Crippen LogP contribution in [-0.4, -0.2) is 16.7 Å². The topological polar surface area (TPSA) is 33.1 Å². The summed E-state index contributed by atoms with van der Waals surface area (Å²) in [5.74, 6) is 0. The van der Waals surface area contributed by atoms with E-state index in [1.165, 1.54) is 0 Å². The van der Waals surface area contributed by atoms with Crippen LogP contribution < -0.4 is 0 Å². The molecule has 0 atom stereocenters. The number of rotatable bonds is 5. The molecule has 0 aromatic carbocycles. The van der Waals surface area contributed by atoms with Crippen LogP contribution in [0.2, 0.25) is 0 Å². The first-order valence-corrected chi connectivity index (χ1v) is 4.86. The number of aromatic nitrogens is 1. The fourth-order valence-electron chi connectivity index (χ4n) is 1.33. The monoisotopic (exact) mass is 179 g/mol. The van der Waals surface area contributed by atoms with Gasteiger partial charge in [0.2, 0.25) is 0 Å². The van der Waals surface area contributed by atoms with Gasteiger partial charge in [0, 0.05) is 18.0 Å². The molecule has 0 spiro atoms. The van der Waals surface area contributed by atoms with Crippen molar-refractivity contribution in [2.75, 3.05) is 6.61 Å². The van der Waals surface area contributed by atoms with Crippen LogP contribution in [0.15, 0.2) is 18.2 Å². The average molecular weight is 179 g/mol. The SMILES string of the molecule is Cc1cccc(CCCCCO)n1. The maximum atomic E-state index is 8.59. The highest BCUT2D eigenvalue weighted by Crippen LogP contribution is 2.04. The van der Waals surface area contributed by atoms with Crippen molar-refractivity contribution in [3.05, 3.63) is 29.6 Å². The molecule has 0 saturated carbocycles. The van der Waals surface area contributed by atoms with Gasteiger partial charge in [-0.1, -0.05) is 12.5 Å². The van der Waals surface area contributed by atoms with E-state index in [0.29, 0.717) is 6.61 Å². The molecule has 0 aliphatic carbocycles. The molecule has 0 amide bonds. The molecule has 0 aliphatic heterocycles. The number of aliphatic hydroxyl groups excluding tert-OH is 1. The van der Waals surface area contributed by atoms with Gasteiger partial charge in [0.05, 0.1) is 0 Å². The van der Waals surface area contributed by atoms with Gasteiger partial charge in [-0.3, -0.25) is 4.98 Å². The van der Waals surface area contributed by atoms with Crippen LogP contribution >= 0.6 is 0 Å². The Balaban J connectivity index is 2.28. The van der Waals surface area contributed by atoms with Crippen LogP contribution in [0.4, 0.5) is 0 Å². The van der Waals surface area contributed by atoms with E-state index in [-0.39, 0.29) is 0 Å². The van der Waals surface area contributed by atoms with E-state index in [2.05, 4.69) is 11.1 Å². The molecule has 2 nitrogen and oxygen atoms in total. The maximum Gasteiger partial charge on any atom is 0.0431 e. The number of pyridine rings is 1. The number of aryl methyl sites for hydroxylation is 2. The Labute approximate surface area is 79.6 Å². The lowest BCUT2D eigenvalue weighted by atomic mass is 10.1. The zero-order valence-corrected chi connectivity index (χ0v) is 8.16. The fraction of sp³-hybridized carbons (Fsp3) is 0.545. The third-order valence-corrected chi connectivity index (χ3v) is 2.04. The summed E-state index contributed by atoms with van der Waals surface area (Å²) in [4.78, 5) is 4.41. The lowest BCUT2D eigenvalue weighted by Crippen LogP contribution is -1.92. The second-order valence-electron chi connectivity index (χ2n) is 3.30. The molecule has 1 rings (SSSR count). The summed E-state index contributed by atoms with van der Waals surface area (Å²) in [6.07, 6.45) is 4.15. The van der Waals surface area contributed by atoms with Crippen molar-refractivity contribution in [3.8, 4) is 0 Å². The van der Waals surface area contributed by atoms with Gasteiger partial charge in [-0.05, 0) is 38.3 Å². The third-order valence-electron chi connectivity index (χ3n) is 2.04. The first kappa shape index (κ1) is 10.2. The molecule has 1 aromatic heterocycles. The third kappa shape index (κ3) is 4.04. The van der Waals surface area contributed by atoms with Crippen molar-refractivity contribution in [2.45, 2.75) is 32.6 Å². The Morgan fingerprint density at radius 3 is 2.77 bits per heavy atom. The zero-order chi connectivity index (χ0) is 9.52. The number of nitrogens with zero attached hydrogens (tertiary/aromatic N) is 1. The second kappa shape index (κ2) is 5.70. The normalized spacial score (nSPS) is 10.3. The minimum atomic E-state index is 0.307. The summed E-state index contributed by atoms with van der Waals surface area (Å²) in [7, 11) is 0. The summed E-state index contributed by atoms with van der Waals surface area (Å²) >= 11 is 0. The fourth-order valence-corrected chi connectivity index (χ4v) is 1.33. The Morgan fingerprint density at radius 2 is 2.08 bits per heavy atom. The summed E-state index contributed by atoms with van der Waals surface area (Å²) in [6, 6.07) is 6.12. The van der Waals surface area contributed by atoms with Crippen LogP contribution in [-0.2, 0) is 6.42 Å². The van der Waals surface area contributed by atoms with Gasteiger partial charge in [-0.15, -0.1) is 0 Å². The number of hydrogen-bond donors (Lipinski definition) is 1. The number of unbranched alkanes of at least 4 members (excludes halogenated alkanes) is 2. The smallest absolute Gasteiger partial charge is 0.0431 e. The van der Waals surface area contributed by atoms with Crippen molar-refractivity contribution < 1.29 is 5.11 Å². The Bertz CT molecular complexity index is 248. The zero-order valence-electron chi connectivity index (χ0n) is 8.16. The van der Waals surface area contributed by atoms with E-state index in [4.69, 9.17) is 5.11 Å². The van der Waals surface area contributed by atoms with Gasteiger partial charge in [0.25, 0.3) is 0 Å². The molecule has 0 aliphatic rings. The molecular formula is C11H17NO. The molecular weight excluding hydrogens is 162 g/mol. The van der Waals surface area contributed by atoms with Gasteiger partial charge in [-0.2, -0.15) is 0 Å². The van der Waals surface area contributed by atoms with Crippen LogP contribution in [0.5, 0.6) is 0 Å². The summed E-state index contributed by atoms with van der Waals surface area (Å²) < 4.78 is 0. The van der Waals surface area contributed by atoms with Crippen LogP contribution in [0.3, 0.4) is 0 Å². The van der Waals surface area contributed by atoms with E-state index < -0.39 is 0 Å². The van der Waals surface area contributed by atoms with Crippen molar-refractivity contribution in [2.24, 2.45) is 0 Å². The van der Waals surface area contributed by atoms with E-state index in [0.717, 1.165) is 37.1 Å². The molecule has 0 radical (unpaired) electrons. The minimum Gasteiger partial charge on any atom is -0.396 e. The largest absolute Gasteiger partial charge is 0.396 e. The number of hydrogen-bond acceptors (Lipinski definition) is 2. The summed E-state index contributed by atoms with van der Waals surface area (Å²) in [6.45, 7) is 2.32. The standard InChI is InChI=1S/C11H17NO/c1-10-6-5-8-11(12-10)7-3-2-4-9-13/h5-6,8,13H,2-4,7,9H2,1H3. The number of aliphatic hydroxyl groups is 1. The molecule has 1 heterocycles. The highest BCUT2D eigenvalue weighted by molar-refractivity contribution is 5.09. The first-order valence-electron chi connectivity index (χ1n) is 4.86. The van der Waals surface area contributed by atoms with Gasteiger partial charge in [0.1, 0.15) is 0 Å². The van der Waals surface area contributed by atoms with Gasteiger partial charge in [-0.25, -0.2) is 0 Å². The summed E-state index contributed by atoms with van der Waals surface area (Å²) in [5.41, 5.74) is 2.25. The van der Waals surface area contributed by atoms with Crippen LogP contribution in [0.1, 0.15) is 30.7 Å². The predicted molar refractivity (Wildman–Crippen MR) is 53.6 cm³/mol. The molecule has 2 heteroatoms. The second-order valence-corrected chi connectivity index (χ2v) is 3.30. The molecule has 1 N–H and O–H groups in total. The van der Waals surface area contributed by atoms with Gasteiger partial charge < -0.3 is 5.11 Å². The molecule has 0 bridgehead atoms. The van der Waals surface area contributed by atoms with Crippen molar-refractivity contribution in [1.29, 1.82) is 0 Å². The quantitative estimate of drug-likeness (QED) is 0.702. The molecule has 13 heavy (non-hydrogen) atoms. The highest BCUT2D eigenvalue weighted by atomic mass is 16.2. The Hall–Kier alpha value is -0.890. The van der Waals surface area contributed by atoms with E-state index in [9.17, 15) is 0 Å². The van der Waals surface area contributed by atoms with Crippen molar-refractivity contribution in [3.63, 3.8) is 0 Å². The van der Waals surface area contributed by atoms with Crippen molar-refractivity contribution in [1.82, 2.24) is 4.98 Å². The van der Waals surface area contributed by atoms with Crippen molar-refractivity contribution >= 4 is 0 Å². The lowest BCUT2D eigenvalue weighted by molar-refractivity contribution is 0.283. The molecule has 0 saturated heterocycles. The van der Waals surface area contributed by atoms with E-state index in [1.807, 2.05) is 19.1 Å². The molecule has 0 unspecified atom stereocenters. The Kier molecular flexibility index (Phi) is 4.47. The van der Waals surface area contributed by atoms with Crippen LogP contribution in [0, 0.1) is 6.92 Å². The predicted octanol–water partition coefficient (Wildman–Crippen LogP) is 2.10. The highest BCUT2D eigenvalue weighted by Gasteiger charge is 1.94. The molecule has 0 fully saturated rings. The van der Waals surface area contributed by atoms with E-state index >= 15 is 0 Å².